The van der Waals surface area contributed by atoms with Crippen LogP contribution in [0.15, 0.2) is 79.6 Å². The lowest BCUT2D eigenvalue weighted by Gasteiger charge is -2.27. The van der Waals surface area contributed by atoms with Gasteiger partial charge in [0.15, 0.2) is 11.6 Å². The molecule has 45 heavy (non-hydrogen) atoms. The van der Waals surface area contributed by atoms with Gasteiger partial charge in [0.2, 0.25) is 0 Å². The van der Waals surface area contributed by atoms with Crippen LogP contribution < -0.4 is 10.6 Å². The molecule has 0 spiro atoms. The van der Waals surface area contributed by atoms with Crippen molar-refractivity contribution in [1.29, 1.82) is 0 Å². The average Bonchev–Trinajstić information content (AvgIpc) is 3.84. The molecular weight excluding hydrogens is 580 g/mol. The summed E-state index contributed by atoms with van der Waals surface area (Å²) in [6.45, 7) is 3.93. The molecular formula is C32H35F2N9O2. The first-order chi connectivity index (χ1) is 21.8. The van der Waals surface area contributed by atoms with Gasteiger partial charge in [-0.2, -0.15) is 10.2 Å². The first kappa shape index (κ1) is 30.2. The summed E-state index contributed by atoms with van der Waals surface area (Å²) in [7, 11) is 3.48. The first-order valence-electron chi connectivity index (χ1n) is 14.7. The van der Waals surface area contributed by atoms with E-state index in [-0.39, 0.29) is 12.0 Å². The van der Waals surface area contributed by atoms with Gasteiger partial charge in [-0.1, -0.05) is 24.3 Å². The molecule has 1 unspecified atom stereocenters. The van der Waals surface area contributed by atoms with Crippen LogP contribution in [0.5, 0.6) is 0 Å². The third-order valence-electron chi connectivity index (χ3n) is 8.23. The number of halogens is 2. The van der Waals surface area contributed by atoms with Gasteiger partial charge in [0.25, 0.3) is 0 Å². The number of hydrogen-bond acceptors (Lipinski definition) is 6. The number of carbonyl (C=O) groups is 1. The molecule has 0 bridgehead atoms. The second-order valence-corrected chi connectivity index (χ2v) is 11.3. The number of amides is 2. The second-order valence-electron chi connectivity index (χ2n) is 11.3. The van der Waals surface area contributed by atoms with E-state index in [1.807, 2.05) is 61.3 Å². The summed E-state index contributed by atoms with van der Waals surface area (Å²) in [5, 5.41) is 15.3. The number of nitrogens with one attached hydrogen (secondary N) is 2. The number of methoxy groups -OCH3 is 1. The van der Waals surface area contributed by atoms with Crippen molar-refractivity contribution in [2.24, 2.45) is 7.05 Å². The molecule has 3 aromatic heterocycles. The Morgan fingerprint density at radius 2 is 1.96 bits per heavy atom. The van der Waals surface area contributed by atoms with Crippen molar-refractivity contribution in [3.8, 4) is 16.9 Å². The molecule has 2 amide bonds. The molecule has 4 heterocycles. The number of ether oxygens (including phenoxy) is 1. The maximum Gasteiger partial charge on any atom is 0.320 e. The highest BCUT2D eigenvalue weighted by atomic mass is 19.2. The third-order valence-corrected chi connectivity index (χ3v) is 8.23. The van der Waals surface area contributed by atoms with E-state index in [9.17, 15) is 13.6 Å². The molecule has 11 nitrogen and oxygen atoms in total. The second kappa shape index (κ2) is 13.0. The van der Waals surface area contributed by atoms with Gasteiger partial charge in [-0.25, -0.2) is 23.2 Å². The number of likely N-dealkylation sites (tertiary alicyclic amines) is 1. The highest BCUT2D eigenvalue weighted by molar-refractivity contribution is 5.91. The monoisotopic (exact) mass is 615 g/mol. The van der Waals surface area contributed by atoms with Crippen molar-refractivity contribution in [1.82, 2.24) is 39.3 Å². The summed E-state index contributed by atoms with van der Waals surface area (Å²) in [4.78, 5) is 20.1. The van der Waals surface area contributed by atoms with Crippen molar-refractivity contribution in [3.63, 3.8) is 0 Å². The SMILES string of the molecule is COCC(Cn1ccnc1)N1C[C@@H](NC(=O)Nc2c(C)c(-c3cnn(C)c3)nn2-c2ccccc2)[C@H](c2ccc(F)c(F)c2)C1. The minimum Gasteiger partial charge on any atom is -0.383 e. The average molecular weight is 616 g/mol. The van der Waals surface area contributed by atoms with Crippen LogP contribution >= 0.6 is 0 Å². The van der Waals surface area contributed by atoms with E-state index in [4.69, 9.17) is 9.84 Å². The van der Waals surface area contributed by atoms with Gasteiger partial charge in [-0.15, -0.1) is 0 Å². The maximum absolute atomic E-state index is 14.4. The number of carbonyl (C=O) groups excluding carboxylic acids is 1. The van der Waals surface area contributed by atoms with Crippen molar-refractivity contribution in [2.45, 2.75) is 31.5 Å². The summed E-state index contributed by atoms with van der Waals surface area (Å²) < 4.78 is 39.2. The highest BCUT2D eigenvalue weighted by Gasteiger charge is 2.38. The Balaban J connectivity index is 1.29. The summed E-state index contributed by atoms with van der Waals surface area (Å²) >= 11 is 0. The smallest absolute Gasteiger partial charge is 0.320 e. The first-order valence-corrected chi connectivity index (χ1v) is 14.7. The fourth-order valence-corrected chi connectivity index (χ4v) is 5.99. The molecule has 5 aromatic rings. The van der Waals surface area contributed by atoms with Gasteiger partial charge in [-0.3, -0.25) is 14.9 Å². The Kier molecular flexibility index (Phi) is 8.71. The van der Waals surface area contributed by atoms with Crippen LogP contribution in [-0.4, -0.2) is 78.9 Å². The molecule has 0 aliphatic carbocycles. The lowest BCUT2D eigenvalue weighted by molar-refractivity contribution is 0.0930. The van der Waals surface area contributed by atoms with E-state index < -0.39 is 23.7 Å². The summed E-state index contributed by atoms with van der Waals surface area (Å²) in [6.07, 6.45) is 8.94. The van der Waals surface area contributed by atoms with Gasteiger partial charge in [0, 0.05) is 69.4 Å². The summed E-state index contributed by atoms with van der Waals surface area (Å²) in [5.74, 6) is -1.64. The number of benzene rings is 2. The Bertz CT molecular complexity index is 1750. The Hall–Kier alpha value is -4.88. The van der Waals surface area contributed by atoms with E-state index in [1.54, 1.807) is 41.3 Å². The number of rotatable bonds is 10. The van der Waals surface area contributed by atoms with Gasteiger partial charge < -0.3 is 14.6 Å². The number of hydrogen-bond donors (Lipinski definition) is 2. The van der Waals surface area contributed by atoms with Crippen LogP contribution in [-0.2, 0) is 18.3 Å². The van der Waals surface area contributed by atoms with Gasteiger partial charge in [0.05, 0.1) is 36.9 Å². The van der Waals surface area contributed by atoms with Crippen LogP contribution in [0, 0.1) is 18.6 Å². The molecule has 0 radical (unpaired) electrons. The minimum atomic E-state index is -0.925. The van der Waals surface area contributed by atoms with Crippen molar-refractivity contribution < 1.29 is 18.3 Å². The van der Waals surface area contributed by atoms with E-state index in [0.717, 1.165) is 22.9 Å². The zero-order valence-electron chi connectivity index (χ0n) is 25.3. The quantitative estimate of drug-likeness (QED) is 0.242. The van der Waals surface area contributed by atoms with E-state index in [2.05, 4.69) is 25.6 Å². The molecule has 1 saturated heterocycles. The Morgan fingerprint density at radius 1 is 1.13 bits per heavy atom. The van der Waals surface area contributed by atoms with Crippen molar-refractivity contribution in [3.05, 3.63) is 102 Å². The van der Waals surface area contributed by atoms with Crippen molar-refractivity contribution in [2.75, 3.05) is 32.1 Å². The fraction of sp³-hybridized carbons (Fsp3) is 0.312. The molecule has 234 valence electrons. The summed E-state index contributed by atoms with van der Waals surface area (Å²) in [6, 6.07) is 12.6. The molecule has 3 atom stereocenters. The van der Waals surface area contributed by atoms with E-state index >= 15 is 0 Å². The van der Waals surface area contributed by atoms with E-state index in [0.29, 0.717) is 43.3 Å². The predicted molar refractivity (Wildman–Crippen MR) is 165 cm³/mol. The van der Waals surface area contributed by atoms with Crippen LogP contribution in [0.3, 0.4) is 0 Å². The lowest BCUT2D eigenvalue weighted by atomic mass is 9.94. The number of urea groups is 1. The minimum absolute atomic E-state index is 0.0457. The molecule has 13 heteroatoms. The molecule has 1 aliphatic rings. The molecule has 1 aliphatic heterocycles. The molecule has 1 fully saturated rings. The number of aromatic nitrogens is 6. The number of imidazole rings is 1. The standard InChI is InChI=1S/C32H35F2N9O2/c1-21-30(23-14-36-40(2)15-23)39-43(24-7-5-4-6-8-24)31(21)38-32(44)37-29-18-42(25(19-45-3)16-41-12-11-35-20-41)17-26(29)22-9-10-27(33)28(34)13-22/h4-15,20,25-26,29H,16-19H2,1-3H3,(H2,37,38,44)/t25?,26-,29+/m0/s1. The fourth-order valence-electron chi connectivity index (χ4n) is 5.99. The van der Waals surface area contributed by atoms with Gasteiger partial charge in [0.1, 0.15) is 11.5 Å². The number of para-hydroxylation sites is 1. The van der Waals surface area contributed by atoms with Crippen LogP contribution in [0.2, 0.25) is 0 Å². The molecule has 2 aromatic carbocycles. The zero-order valence-corrected chi connectivity index (χ0v) is 25.3. The van der Waals surface area contributed by atoms with Crippen LogP contribution in [0.4, 0.5) is 19.4 Å². The Morgan fingerprint density at radius 3 is 2.64 bits per heavy atom. The van der Waals surface area contributed by atoms with Crippen LogP contribution in [0.25, 0.3) is 16.9 Å². The lowest BCUT2D eigenvalue weighted by Crippen LogP contribution is -2.44. The number of aryl methyl sites for hydroxylation is 1. The number of nitrogens with zero attached hydrogens (tertiary/aromatic N) is 7. The Labute approximate surface area is 259 Å². The summed E-state index contributed by atoms with van der Waals surface area (Å²) in [5.41, 5.74) is 3.66. The van der Waals surface area contributed by atoms with Gasteiger partial charge in [-0.05, 0) is 36.8 Å². The highest BCUT2D eigenvalue weighted by Crippen LogP contribution is 2.32. The predicted octanol–water partition coefficient (Wildman–Crippen LogP) is 4.36. The largest absolute Gasteiger partial charge is 0.383 e. The van der Waals surface area contributed by atoms with E-state index in [1.165, 1.54) is 6.07 Å². The normalized spacial score (nSPS) is 17.4. The molecule has 0 saturated carbocycles. The molecule has 6 rings (SSSR count). The number of anilines is 1. The van der Waals surface area contributed by atoms with Gasteiger partial charge >= 0.3 is 6.03 Å². The maximum atomic E-state index is 14.4. The van der Waals surface area contributed by atoms with Crippen molar-refractivity contribution >= 4 is 11.8 Å². The third kappa shape index (κ3) is 6.49. The topological polar surface area (TPSA) is 107 Å². The zero-order chi connectivity index (χ0) is 31.5. The molecule has 2 N–H and O–H groups in total. The van der Waals surface area contributed by atoms with Crippen LogP contribution in [0.1, 0.15) is 17.0 Å².